The zero-order valence-electron chi connectivity index (χ0n) is 15.5. The summed E-state index contributed by atoms with van der Waals surface area (Å²) in [6, 6.07) is 8.44. The lowest BCUT2D eigenvalue weighted by Crippen LogP contribution is -2.24. The third-order valence-electron chi connectivity index (χ3n) is 4.43. The van der Waals surface area contributed by atoms with Gasteiger partial charge in [-0.2, -0.15) is 0 Å². The van der Waals surface area contributed by atoms with Crippen LogP contribution in [-0.4, -0.2) is 12.4 Å². The second kappa shape index (κ2) is 8.57. The van der Waals surface area contributed by atoms with Crippen LogP contribution in [0.3, 0.4) is 0 Å². The van der Waals surface area contributed by atoms with Gasteiger partial charge in [0.2, 0.25) is 0 Å². The van der Waals surface area contributed by atoms with Gasteiger partial charge in [-0.25, -0.2) is 0 Å². The Bertz CT molecular complexity index is 416. The summed E-state index contributed by atoms with van der Waals surface area (Å²) in [5, 5.41) is 0. The maximum Gasteiger partial charge on any atom is 0.197 e. The predicted molar refractivity (Wildman–Crippen MR) is 94.5 cm³/mol. The highest BCUT2D eigenvalue weighted by molar-refractivity contribution is 5.30. The molecular formula is C20H34O2. The number of rotatable bonds is 8. The molecule has 0 radical (unpaired) electrons. The van der Waals surface area contributed by atoms with Crippen molar-refractivity contribution in [3.8, 4) is 5.75 Å². The summed E-state index contributed by atoms with van der Waals surface area (Å²) >= 11 is 0. The molecule has 1 aromatic rings. The second-order valence-electron chi connectivity index (χ2n) is 7.30. The Labute approximate surface area is 137 Å². The minimum atomic E-state index is -0.206. The van der Waals surface area contributed by atoms with Crippen molar-refractivity contribution >= 4 is 0 Å². The van der Waals surface area contributed by atoms with E-state index in [1.807, 2.05) is 6.92 Å². The Morgan fingerprint density at radius 3 is 2.05 bits per heavy atom. The van der Waals surface area contributed by atoms with Crippen LogP contribution in [0, 0.1) is 5.41 Å². The Hall–Kier alpha value is -1.02. The fourth-order valence-electron chi connectivity index (χ4n) is 2.52. The molecule has 0 amide bonds. The molecule has 0 saturated heterocycles. The maximum atomic E-state index is 5.95. The van der Waals surface area contributed by atoms with Crippen molar-refractivity contribution in [1.29, 1.82) is 0 Å². The molecule has 0 aromatic heterocycles. The molecule has 22 heavy (non-hydrogen) atoms. The third kappa shape index (κ3) is 6.00. The van der Waals surface area contributed by atoms with Crippen molar-refractivity contribution in [2.75, 3.05) is 0 Å². The highest BCUT2D eigenvalue weighted by atomic mass is 16.7. The minimum Gasteiger partial charge on any atom is -0.465 e. The molecule has 1 aromatic carbocycles. The normalized spacial score (nSPS) is 16.1. The van der Waals surface area contributed by atoms with Gasteiger partial charge in [-0.1, -0.05) is 60.1 Å². The van der Waals surface area contributed by atoms with E-state index in [1.165, 1.54) is 5.56 Å². The summed E-state index contributed by atoms with van der Waals surface area (Å²) in [7, 11) is 0. The molecule has 1 rings (SSSR count). The molecule has 0 aliphatic carbocycles. The summed E-state index contributed by atoms with van der Waals surface area (Å²) in [6.45, 7) is 15.4. The first-order valence-corrected chi connectivity index (χ1v) is 8.70. The molecule has 2 nitrogen and oxygen atoms in total. The van der Waals surface area contributed by atoms with Crippen molar-refractivity contribution < 1.29 is 9.47 Å². The Kier molecular flexibility index (Phi) is 7.41. The predicted octanol–water partition coefficient (Wildman–Crippen LogP) is 6.16. The van der Waals surface area contributed by atoms with Gasteiger partial charge in [0.1, 0.15) is 5.75 Å². The average Bonchev–Trinajstić information content (AvgIpc) is 2.45. The van der Waals surface area contributed by atoms with E-state index in [0.717, 1.165) is 25.0 Å². The Balaban J connectivity index is 2.60. The summed E-state index contributed by atoms with van der Waals surface area (Å²) in [5.74, 6) is 1.40. The highest BCUT2D eigenvalue weighted by Gasteiger charge is 2.21. The van der Waals surface area contributed by atoms with Gasteiger partial charge in [-0.15, -0.1) is 0 Å². The van der Waals surface area contributed by atoms with Gasteiger partial charge in [-0.05, 0) is 48.8 Å². The lowest BCUT2D eigenvalue weighted by atomic mass is 9.78. The number of ether oxygens (including phenoxy) is 2. The molecule has 0 fully saturated rings. The van der Waals surface area contributed by atoms with Crippen molar-refractivity contribution in [2.45, 2.75) is 86.0 Å². The number of hydrogen-bond donors (Lipinski definition) is 0. The average molecular weight is 306 g/mol. The smallest absolute Gasteiger partial charge is 0.197 e. The quantitative estimate of drug-likeness (QED) is 0.536. The van der Waals surface area contributed by atoms with Crippen molar-refractivity contribution in [1.82, 2.24) is 0 Å². The first-order valence-electron chi connectivity index (χ1n) is 8.70. The molecule has 0 heterocycles. The summed E-state index contributed by atoms with van der Waals surface area (Å²) < 4.78 is 11.8. The zero-order valence-corrected chi connectivity index (χ0v) is 15.5. The minimum absolute atomic E-state index is 0.206. The van der Waals surface area contributed by atoms with Crippen LogP contribution in [-0.2, 0) is 4.74 Å². The molecule has 0 saturated carbocycles. The van der Waals surface area contributed by atoms with Gasteiger partial charge in [0.15, 0.2) is 6.29 Å². The van der Waals surface area contributed by atoms with Crippen LogP contribution in [0.15, 0.2) is 24.3 Å². The zero-order chi connectivity index (χ0) is 16.8. The number of benzene rings is 1. The van der Waals surface area contributed by atoms with E-state index >= 15 is 0 Å². The van der Waals surface area contributed by atoms with Gasteiger partial charge in [0.05, 0.1) is 6.10 Å². The van der Waals surface area contributed by atoms with Gasteiger partial charge in [0, 0.05) is 0 Å². The maximum absolute atomic E-state index is 5.95. The fourth-order valence-corrected chi connectivity index (χ4v) is 2.52. The summed E-state index contributed by atoms with van der Waals surface area (Å²) in [6.07, 6.45) is 3.35. The number of hydrogen-bond acceptors (Lipinski definition) is 2. The van der Waals surface area contributed by atoms with E-state index in [1.54, 1.807) is 0 Å². The van der Waals surface area contributed by atoms with Crippen LogP contribution in [0.4, 0.5) is 0 Å². The van der Waals surface area contributed by atoms with Crippen molar-refractivity contribution in [3.63, 3.8) is 0 Å². The molecule has 0 aliphatic heterocycles. The molecular weight excluding hydrogens is 272 g/mol. The van der Waals surface area contributed by atoms with E-state index in [4.69, 9.17) is 9.47 Å². The van der Waals surface area contributed by atoms with E-state index in [-0.39, 0.29) is 11.7 Å². The molecule has 0 N–H and O–H groups in total. The van der Waals surface area contributed by atoms with Crippen LogP contribution in [0.25, 0.3) is 0 Å². The Morgan fingerprint density at radius 2 is 1.59 bits per heavy atom. The van der Waals surface area contributed by atoms with Gasteiger partial charge in [-0.3, -0.25) is 0 Å². The first-order chi connectivity index (χ1) is 10.3. The first kappa shape index (κ1) is 19.0. The topological polar surface area (TPSA) is 18.5 Å². The molecule has 0 spiro atoms. The summed E-state index contributed by atoms with van der Waals surface area (Å²) in [4.78, 5) is 0. The Morgan fingerprint density at radius 1 is 1.00 bits per heavy atom. The fraction of sp³-hybridized carbons (Fsp3) is 0.700. The van der Waals surface area contributed by atoms with Crippen molar-refractivity contribution in [3.05, 3.63) is 29.8 Å². The largest absolute Gasteiger partial charge is 0.465 e. The van der Waals surface area contributed by atoms with E-state index < -0.39 is 0 Å². The lowest BCUT2D eigenvalue weighted by molar-refractivity contribution is -0.110. The van der Waals surface area contributed by atoms with E-state index in [0.29, 0.717) is 12.0 Å². The van der Waals surface area contributed by atoms with Crippen LogP contribution in [0.2, 0.25) is 0 Å². The molecule has 2 heteroatoms. The van der Waals surface area contributed by atoms with Crippen LogP contribution in [0.1, 0.15) is 79.2 Å². The van der Waals surface area contributed by atoms with E-state index in [9.17, 15) is 0 Å². The molecule has 0 bridgehead atoms. The van der Waals surface area contributed by atoms with Gasteiger partial charge < -0.3 is 9.47 Å². The van der Waals surface area contributed by atoms with Crippen molar-refractivity contribution in [2.24, 2.45) is 5.41 Å². The lowest BCUT2D eigenvalue weighted by Gasteiger charge is -2.28. The van der Waals surface area contributed by atoms with Gasteiger partial charge >= 0.3 is 0 Å². The molecule has 3 atom stereocenters. The standard InChI is InChI=1S/C20H34O2/c1-8-10-18(9-2)21-16(4)22-19-13-11-17(12-14-19)15(3)20(5,6)7/h11-16,18H,8-10H2,1-7H3. The van der Waals surface area contributed by atoms with Gasteiger partial charge in [0.25, 0.3) is 0 Å². The molecule has 126 valence electrons. The SMILES string of the molecule is CCCC(CC)OC(C)Oc1ccc(C(C)C(C)(C)C)cc1. The van der Waals surface area contributed by atoms with Crippen LogP contribution in [0.5, 0.6) is 5.75 Å². The van der Waals surface area contributed by atoms with E-state index in [2.05, 4.69) is 65.8 Å². The van der Waals surface area contributed by atoms with Crippen LogP contribution >= 0.6 is 0 Å². The summed E-state index contributed by atoms with van der Waals surface area (Å²) in [5.41, 5.74) is 1.62. The van der Waals surface area contributed by atoms with Crippen LogP contribution < -0.4 is 4.74 Å². The monoisotopic (exact) mass is 306 g/mol. The molecule has 3 unspecified atom stereocenters. The highest BCUT2D eigenvalue weighted by Crippen LogP contribution is 2.35. The molecule has 0 aliphatic rings. The third-order valence-corrected chi connectivity index (χ3v) is 4.43. The second-order valence-corrected chi connectivity index (χ2v) is 7.30.